The number of benzene rings is 1. The molecule has 0 fully saturated rings. The van der Waals surface area contributed by atoms with Gasteiger partial charge >= 0.3 is 0 Å². The first-order valence-corrected chi connectivity index (χ1v) is 5.24. The largest absolute Gasteiger partial charge is 0.327 e. The third-order valence-electron chi connectivity index (χ3n) is 2.58. The smallest absolute Gasteiger partial charge is 0.228 e. The van der Waals surface area contributed by atoms with Gasteiger partial charge in [0.1, 0.15) is 5.82 Å². The molecule has 1 aromatic carbocycles. The number of nitrogens with two attached hydrogens (primary N) is 1. The Kier molecular flexibility index (Phi) is 4.01. The van der Waals surface area contributed by atoms with Gasteiger partial charge in [-0.2, -0.15) is 0 Å². The van der Waals surface area contributed by atoms with Crippen molar-refractivity contribution in [3.8, 4) is 0 Å². The van der Waals surface area contributed by atoms with Gasteiger partial charge in [0.25, 0.3) is 0 Å². The number of hydrogen-bond acceptors (Lipinski definition) is 2. The van der Waals surface area contributed by atoms with Crippen molar-refractivity contribution in [3.63, 3.8) is 0 Å². The zero-order chi connectivity index (χ0) is 12.3. The number of amides is 1. The fraction of sp³-hybridized carbons (Fsp3) is 0.417. The molecule has 2 atom stereocenters. The van der Waals surface area contributed by atoms with Crippen molar-refractivity contribution in [2.75, 3.05) is 5.32 Å². The Labute approximate surface area is 94.8 Å². The lowest BCUT2D eigenvalue weighted by Gasteiger charge is -2.15. The Morgan fingerprint density at radius 3 is 2.56 bits per heavy atom. The average Bonchev–Trinajstić information content (AvgIpc) is 2.20. The number of rotatable bonds is 3. The highest BCUT2D eigenvalue weighted by molar-refractivity contribution is 5.92. The molecule has 3 N–H and O–H groups in total. The van der Waals surface area contributed by atoms with Crippen molar-refractivity contribution in [1.29, 1.82) is 0 Å². The molecule has 1 rings (SSSR count). The maximum Gasteiger partial charge on any atom is 0.228 e. The molecule has 1 amide bonds. The van der Waals surface area contributed by atoms with E-state index >= 15 is 0 Å². The summed E-state index contributed by atoms with van der Waals surface area (Å²) in [6.45, 7) is 5.25. The van der Waals surface area contributed by atoms with Gasteiger partial charge in [-0.1, -0.05) is 13.0 Å². The highest BCUT2D eigenvalue weighted by atomic mass is 19.1. The second-order valence-electron chi connectivity index (χ2n) is 4.12. The lowest BCUT2D eigenvalue weighted by Crippen LogP contribution is -2.34. The molecule has 4 heteroatoms. The molecule has 0 saturated heterocycles. The van der Waals surface area contributed by atoms with Gasteiger partial charge in [-0.25, -0.2) is 4.39 Å². The summed E-state index contributed by atoms with van der Waals surface area (Å²) in [6, 6.07) is 4.42. The van der Waals surface area contributed by atoms with Crippen LogP contribution in [-0.4, -0.2) is 11.9 Å². The summed E-state index contributed by atoms with van der Waals surface area (Å²) in [7, 11) is 0. The van der Waals surface area contributed by atoms with Gasteiger partial charge < -0.3 is 11.1 Å². The number of anilines is 1. The number of nitrogens with one attached hydrogen (secondary N) is 1. The van der Waals surface area contributed by atoms with Crippen LogP contribution in [0.1, 0.15) is 19.4 Å². The van der Waals surface area contributed by atoms with Gasteiger partial charge in [-0.3, -0.25) is 4.79 Å². The fourth-order valence-electron chi connectivity index (χ4n) is 1.21. The molecule has 3 nitrogen and oxygen atoms in total. The molecule has 0 aliphatic rings. The molecule has 0 aromatic heterocycles. The Hall–Kier alpha value is -1.42. The highest BCUT2D eigenvalue weighted by Gasteiger charge is 2.18. The van der Waals surface area contributed by atoms with E-state index in [0.717, 1.165) is 5.56 Å². The summed E-state index contributed by atoms with van der Waals surface area (Å²) in [5.41, 5.74) is 6.61. The summed E-state index contributed by atoms with van der Waals surface area (Å²) < 4.78 is 13.4. The molecular formula is C12H17FN2O. The number of carbonyl (C=O) groups is 1. The standard InChI is InChI=1S/C12H17FN2O/c1-7-4-5-11(10(13)6-7)15-12(16)8(2)9(3)14/h4-6,8-9H,14H2,1-3H3,(H,15,16). The maximum atomic E-state index is 13.4. The first-order chi connectivity index (χ1) is 7.41. The molecule has 0 spiro atoms. The minimum Gasteiger partial charge on any atom is -0.327 e. The average molecular weight is 224 g/mol. The van der Waals surface area contributed by atoms with Gasteiger partial charge in [0.2, 0.25) is 5.91 Å². The highest BCUT2D eigenvalue weighted by Crippen LogP contribution is 2.16. The Bertz CT molecular complexity index is 391. The van der Waals surface area contributed by atoms with Crippen LogP contribution in [-0.2, 0) is 4.79 Å². The molecule has 0 aliphatic carbocycles. The SMILES string of the molecule is Cc1ccc(NC(=O)C(C)C(C)N)c(F)c1. The first-order valence-electron chi connectivity index (χ1n) is 5.24. The molecule has 0 bridgehead atoms. The molecule has 0 saturated carbocycles. The van der Waals surface area contributed by atoms with Crippen molar-refractivity contribution in [2.45, 2.75) is 26.8 Å². The number of aryl methyl sites for hydroxylation is 1. The lowest BCUT2D eigenvalue weighted by molar-refractivity contribution is -0.119. The van der Waals surface area contributed by atoms with E-state index in [1.807, 2.05) is 0 Å². The molecule has 0 radical (unpaired) electrons. The maximum absolute atomic E-state index is 13.4. The van der Waals surface area contributed by atoms with Crippen molar-refractivity contribution >= 4 is 11.6 Å². The van der Waals surface area contributed by atoms with Crippen LogP contribution in [0.4, 0.5) is 10.1 Å². The van der Waals surface area contributed by atoms with Crippen LogP contribution >= 0.6 is 0 Å². The second-order valence-corrected chi connectivity index (χ2v) is 4.12. The molecular weight excluding hydrogens is 207 g/mol. The Balaban J connectivity index is 2.77. The van der Waals surface area contributed by atoms with Crippen LogP contribution in [0, 0.1) is 18.7 Å². The van der Waals surface area contributed by atoms with Gasteiger partial charge in [0.05, 0.1) is 11.6 Å². The lowest BCUT2D eigenvalue weighted by atomic mass is 10.0. The van der Waals surface area contributed by atoms with E-state index < -0.39 is 5.82 Å². The molecule has 1 aromatic rings. The predicted octanol–water partition coefficient (Wildman–Crippen LogP) is 2.06. The minimum atomic E-state index is -0.426. The second kappa shape index (κ2) is 5.07. The van der Waals surface area contributed by atoms with Crippen LogP contribution in [0.5, 0.6) is 0 Å². The quantitative estimate of drug-likeness (QED) is 0.825. The summed E-state index contributed by atoms with van der Waals surface area (Å²) in [6.07, 6.45) is 0. The summed E-state index contributed by atoms with van der Waals surface area (Å²) in [4.78, 5) is 11.6. The van der Waals surface area contributed by atoms with Gasteiger partial charge in [0.15, 0.2) is 0 Å². The minimum absolute atomic E-state index is 0.197. The Morgan fingerprint density at radius 1 is 1.44 bits per heavy atom. The van der Waals surface area contributed by atoms with Crippen LogP contribution in [0.15, 0.2) is 18.2 Å². The van der Waals surface area contributed by atoms with Crippen molar-refractivity contribution < 1.29 is 9.18 Å². The topological polar surface area (TPSA) is 55.1 Å². The van der Waals surface area contributed by atoms with Gasteiger partial charge in [-0.15, -0.1) is 0 Å². The van der Waals surface area contributed by atoms with E-state index in [2.05, 4.69) is 5.32 Å². The van der Waals surface area contributed by atoms with E-state index in [4.69, 9.17) is 5.73 Å². The summed E-state index contributed by atoms with van der Waals surface area (Å²) in [5.74, 6) is -1.04. The molecule has 0 aliphatic heterocycles. The van der Waals surface area contributed by atoms with Crippen LogP contribution in [0.25, 0.3) is 0 Å². The van der Waals surface area contributed by atoms with Crippen molar-refractivity contribution in [1.82, 2.24) is 0 Å². The number of halogens is 1. The van der Waals surface area contributed by atoms with Crippen molar-refractivity contribution in [3.05, 3.63) is 29.6 Å². The molecule has 16 heavy (non-hydrogen) atoms. The Morgan fingerprint density at radius 2 is 2.06 bits per heavy atom. The summed E-state index contributed by atoms with van der Waals surface area (Å²) >= 11 is 0. The zero-order valence-electron chi connectivity index (χ0n) is 9.75. The van der Waals surface area contributed by atoms with E-state index in [0.29, 0.717) is 0 Å². The first kappa shape index (κ1) is 12.6. The third kappa shape index (κ3) is 3.03. The number of hydrogen-bond donors (Lipinski definition) is 2. The number of carbonyl (C=O) groups excluding carboxylic acids is 1. The van der Waals surface area contributed by atoms with E-state index in [1.165, 1.54) is 6.07 Å². The third-order valence-corrected chi connectivity index (χ3v) is 2.58. The van der Waals surface area contributed by atoms with E-state index in [-0.39, 0.29) is 23.6 Å². The fourth-order valence-corrected chi connectivity index (χ4v) is 1.21. The van der Waals surface area contributed by atoms with Crippen LogP contribution < -0.4 is 11.1 Å². The van der Waals surface area contributed by atoms with E-state index in [1.54, 1.807) is 32.9 Å². The van der Waals surface area contributed by atoms with E-state index in [9.17, 15) is 9.18 Å². The monoisotopic (exact) mass is 224 g/mol. The summed E-state index contributed by atoms with van der Waals surface area (Å²) in [5, 5.41) is 2.52. The molecule has 2 unspecified atom stereocenters. The van der Waals surface area contributed by atoms with Crippen molar-refractivity contribution in [2.24, 2.45) is 11.7 Å². The predicted molar refractivity (Wildman–Crippen MR) is 62.6 cm³/mol. The molecule has 0 heterocycles. The van der Waals surface area contributed by atoms with Gasteiger partial charge in [0, 0.05) is 6.04 Å². The normalized spacial score (nSPS) is 14.3. The van der Waals surface area contributed by atoms with Crippen LogP contribution in [0.2, 0.25) is 0 Å². The zero-order valence-corrected chi connectivity index (χ0v) is 9.75. The molecule has 88 valence electrons. The van der Waals surface area contributed by atoms with Crippen LogP contribution in [0.3, 0.4) is 0 Å². The van der Waals surface area contributed by atoms with Gasteiger partial charge in [-0.05, 0) is 31.5 Å².